The van der Waals surface area contributed by atoms with Gasteiger partial charge in [0.15, 0.2) is 0 Å². The van der Waals surface area contributed by atoms with Gasteiger partial charge in [-0.05, 0) is 45.2 Å². The molecule has 1 aromatic carbocycles. The van der Waals surface area contributed by atoms with Crippen molar-refractivity contribution in [2.45, 2.75) is 46.1 Å². The number of rotatable bonds is 5. The van der Waals surface area contributed by atoms with E-state index in [9.17, 15) is 4.79 Å². The third kappa shape index (κ3) is 5.07. The Kier molecular flexibility index (Phi) is 5.61. The van der Waals surface area contributed by atoms with Crippen LogP contribution in [0.5, 0.6) is 0 Å². The summed E-state index contributed by atoms with van der Waals surface area (Å²) in [5, 5.41) is 3.79. The number of nitrogens with one attached hydrogen (secondary N) is 1. The first kappa shape index (κ1) is 15.8. The summed E-state index contributed by atoms with van der Waals surface area (Å²) in [4.78, 5) is 12.0. The summed E-state index contributed by atoms with van der Waals surface area (Å²) < 4.78 is 0. The average molecular weight is 280 g/mol. The number of carbonyl (C=O) groups excluding carboxylic acids is 1. The van der Waals surface area contributed by atoms with E-state index in [0.717, 1.165) is 22.6 Å². The quantitative estimate of drug-likeness (QED) is 0.807. The Morgan fingerprint density at radius 3 is 2.58 bits per heavy atom. The summed E-state index contributed by atoms with van der Waals surface area (Å²) in [6.07, 6.45) is 3.50. The van der Waals surface area contributed by atoms with Crippen molar-refractivity contribution in [3.63, 3.8) is 0 Å². The van der Waals surface area contributed by atoms with Crippen LogP contribution in [0.1, 0.15) is 39.7 Å². The van der Waals surface area contributed by atoms with Crippen LogP contribution in [0.25, 0.3) is 0 Å². The lowest BCUT2D eigenvalue weighted by Gasteiger charge is -2.27. The molecule has 1 N–H and O–H groups in total. The molecule has 0 aromatic heterocycles. The minimum absolute atomic E-state index is 0.0149. The lowest BCUT2D eigenvalue weighted by molar-refractivity contribution is -0.119. The van der Waals surface area contributed by atoms with Crippen molar-refractivity contribution < 1.29 is 4.79 Å². The van der Waals surface area contributed by atoms with E-state index in [2.05, 4.69) is 5.32 Å². The minimum Gasteiger partial charge on any atom is -0.347 e. The van der Waals surface area contributed by atoms with Gasteiger partial charge in [-0.25, -0.2) is 0 Å². The largest absolute Gasteiger partial charge is 0.347 e. The summed E-state index contributed by atoms with van der Waals surface area (Å²) in [7, 11) is 0. The molecule has 0 atom stereocenters. The molecular weight excluding hydrogens is 258 g/mol. The number of benzene rings is 1. The second-order valence-corrected chi connectivity index (χ2v) is 5.81. The Balaban J connectivity index is 2.74. The number of allylic oxidation sites excluding steroid dienone is 1. The first-order valence-electron chi connectivity index (χ1n) is 6.58. The Labute approximate surface area is 120 Å². The monoisotopic (exact) mass is 279 g/mol. The van der Waals surface area contributed by atoms with Crippen LogP contribution in [-0.2, 0) is 11.2 Å². The van der Waals surface area contributed by atoms with Crippen LogP contribution in [0.2, 0.25) is 5.02 Å². The molecule has 0 fully saturated rings. The highest BCUT2D eigenvalue weighted by Crippen LogP contribution is 2.21. The third-order valence-electron chi connectivity index (χ3n) is 2.91. The molecule has 0 bridgehead atoms. The molecule has 0 aliphatic carbocycles. The van der Waals surface area contributed by atoms with Crippen molar-refractivity contribution in [2.24, 2.45) is 0 Å². The van der Waals surface area contributed by atoms with Crippen molar-refractivity contribution in [1.29, 1.82) is 0 Å². The molecule has 0 aliphatic rings. The van der Waals surface area contributed by atoms with Crippen LogP contribution < -0.4 is 5.32 Å². The Bertz CT molecular complexity index is 477. The van der Waals surface area contributed by atoms with Crippen molar-refractivity contribution >= 4 is 17.5 Å². The Hall–Kier alpha value is -1.28. The van der Waals surface area contributed by atoms with Crippen molar-refractivity contribution in [3.8, 4) is 0 Å². The van der Waals surface area contributed by atoms with Gasteiger partial charge >= 0.3 is 0 Å². The van der Waals surface area contributed by atoms with E-state index in [1.807, 2.05) is 58.0 Å². The van der Waals surface area contributed by atoms with Crippen LogP contribution in [-0.4, -0.2) is 11.4 Å². The van der Waals surface area contributed by atoms with Gasteiger partial charge in [-0.2, -0.15) is 0 Å². The van der Waals surface area contributed by atoms with Crippen LogP contribution in [0.3, 0.4) is 0 Å². The Morgan fingerprint density at radius 2 is 2.00 bits per heavy atom. The summed E-state index contributed by atoms with van der Waals surface area (Å²) in [6, 6.07) is 7.73. The van der Waals surface area contributed by atoms with Gasteiger partial charge in [-0.3, -0.25) is 4.79 Å². The van der Waals surface area contributed by atoms with E-state index < -0.39 is 0 Å². The van der Waals surface area contributed by atoms with Gasteiger partial charge in [-0.15, -0.1) is 0 Å². The van der Waals surface area contributed by atoms with Crippen molar-refractivity contribution in [3.05, 3.63) is 46.5 Å². The number of carbonyl (C=O) groups is 1. The van der Waals surface area contributed by atoms with E-state index in [-0.39, 0.29) is 11.4 Å². The highest BCUT2D eigenvalue weighted by atomic mass is 35.5. The zero-order valence-corrected chi connectivity index (χ0v) is 12.8. The molecule has 0 radical (unpaired) electrons. The fourth-order valence-electron chi connectivity index (χ4n) is 1.97. The topological polar surface area (TPSA) is 29.1 Å². The van der Waals surface area contributed by atoms with Gasteiger partial charge in [0.1, 0.15) is 0 Å². The lowest BCUT2D eigenvalue weighted by Crippen LogP contribution is -2.45. The molecule has 0 aliphatic heterocycles. The molecule has 19 heavy (non-hydrogen) atoms. The van der Waals surface area contributed by atoms with Gasteiger partial charge in [0.05, 0.1) is 0 Å². The molecular formula is C16H22ClNO. The molecule has 0 saturated carbocycles. The zero-order valence-electron chi connectivity index (χ0n) is 12.1. The molecule has 2 nitrogen and oxygen atoms in total. The average Bonchev–Trinajstić information content (AvgIpc) is 2.31. The summed E-state index contributed by atoms with van der Waals surface area (Å²) in [5.41, 5.74) is 1.48. The summed E-state index contributed by atoms with van der Waals surface area (Å²) in [5.74, 6) is -0.0149. The van der Waals surface area contributed by atoms with E-state index in [1.165, 1.54) is 0 Å². The fourth-order valence-corrected chi connectivity index (χ4v) is 2.17. The highest BCUT2D eigenvalue weighted by Gasteiger charge is 2.22. The van der Waals surface area contributed by atoms with E-state index >= 15 is 0 Å². The second-order valence-electron chi connectivity index (χ2n) is 5.40. The van der Waals surface area contributed by atoms with Gasteiger partial charge < -0.3 is 5.32 Å². The van der Waals surface area contributed by atoms with Crippen LogP contribution in [0, 0.1) is 0 Å². The van der Waals surface area contributed by atoms with Crippen LogP contribution in [0.4, 0.5) is 0 Å². The smallest absolute Gasteiger partial charge is 0.247 e. The summed E-state index contributed by atoms with van der Waals surface area (Å²) >= 11 is 6.16. The van der Waals surface area contributed by atoms with Crippen molar-refractivity contribution in [1.82, 2.24) is 5.32 Å². The molecule has 0 spiro atoms. The maximum atomic E-state index is 12.0. The molecule has 0 heterocycles. The SMILES string of the molecule is CC/C=C(/C)C(=O)NC(C)(C)Cc1ccccc1Cl. The van der Waals surface area contributed by atoms with E-state index in [0.29, 0.717) is 6.42 Å². The van der Waals surface area contributed by atoms with Gasteiger partial charge in [0, 0.05) is 16.1 Å². The maximum Gasteiger partial charge on any atom is 0.247 e. The number of amides is 1. The molecule has 104 valence electrons. The molecule has 1 rings (SSSR count). The minimum atomic E-state index is -0.328. The molecule has 3 heteroatoms. The summed E-state index contributed by atoms with van der Waals surface area (Å²) in [6.45, 7) is 7.87. The molecule has 1 amide bonds. The fraction of sp³-hybridized carbons (Fsp3) is 0.438. The molecule has 1 aromatic rings. The van der Waals surface area contributed by atoms with Crippen LogP contribution >= 0.6 is 11.6 Å². The predicted molar refractivity (Wildman–Crippen MR) is 81.4 cm³/mol. The van der Waals surface area contributed by atoms with Crippen LogP contribution in [0.15, 0.2) is 35.9 Å². The third-order valence-corrected chi connectivity index (χ3v) is 3.28. The molecule has 0 unspecified atom stereocenters. The highest BCUT2D eigenvalue weighted by molar-refractivity contribution is 6.31. The maximum absolute atomic E-state index is 12.0. The number of hydrogen-bond acceptors (Lipinski definition) is 1. The first-order chi connectivity index (χ1) is 8.85. The first-order valence-corrected chi connectivity index (χ1v) is 6.96. The Morgan fingerprint density at radius 1 is 1.37 bits per heavy atom. The zero-order chi connectivity index (χ0) is 14.5. The number of hydrogen-bond donors (Lipinski definition) is 1. The van der Waals surface area contributed by atoms with E-state index in [1.54, 1.807) is 0 Å². The van der Waals surface area contributed by atoms with Crippen molar-refractivity contribution in [2.75, 3.05) is 0 Å². The van der Waals surface area contributed by atoms with Gasteiger partial charge in [0.2, 0.25) is 5.91 Å². The van der Waals surface area contributed by atoms with E-state index in [4.69, 9.17) is 11.6 Å². The van der Waals surface area contributed by atoms with Gasteiger partial charge in [0.25, 0.3) is 0 Å². The normalized spacial score (nSPS) is 12.4. The lowest BCUT2D eigenvalue weighted by atomic mass is 9.94. The molecule has 0 saturated heterocycles. The standard InChI is InChI=1S/C16H22ClNO/c1-5-8-12(2)15(19)18-16(3,4)11-13-9-6-7-10-14(13)17/h6-10H,5,11H2,1-4H3,(H,18,19)/b12-8-. The second kappa shape index (κ2) is 6.76. The van der Waals surface area contributed by atoms with Gasteiger partial charge in [-0.1, -0.05) is 42.8 Å². The number of halogens is 1. The predicted octanol–water partition coefficient (Wildman–Crippen LogP) is 4.13.